The van der Waals surface area contributed by atoms with Gasteiger partial charge in [-0.2, -0.15) is 0 Å². The van der Waals surface area contributed by atoms with Crippen molar-refractivity contribution in [3.05, 3.63) is 53.3 Å². The lowest BCUT2D eigenvalue weighted by Crippen LogP contribution is -2.24. The van der Waals surface area contributed by atoms with Gasteiger partial charge in [0, 0.05) is 17.9 Å². The summed E-state index contributed by atoms with van der Waals surface area (Å²) in [6.07, 6.45) is 0.813. The van der Waals surface area contributed by atoms with Gasteiger partial charge in [0.15, 0.2) is 23.1 Å². The first-order valence-electron chi connectivity index (χ1n) is 6.82. The van der Waals surface area contributed by atoms with Crippen molar-refractivity contribution in [2.75, 3.05) is 0 Å². The highest BCUT2D eigenvalue weighted by atomic mass is 35.5. The molecule has 2 nitrogen and oxygen atoms in total. The molecule has 1 aliphatic rings. The number of benzene rings is 2. The van der Waals surface area contributed by atoms with Gasteiger partial charge >= 0.3 is 0 Å². The Bertz CT molecular complexity index is 682. The molecule has 0 aromatic heterocycles. The van der Waals surface area contributed by atoms with Crippen molar-refractivity contribution in [2.24, 2.45) is 0 Å². The fraction of sp³-hybridized carbons (Fsp3) is 0.294. The first-order valence-corrected chi connectivity index (χ1v) is 7.35. The van der Waals surface area contributed by atoms with E-state index in [0.717, 1.165) is 17.5 Å². The molecule has 1 heterocycles. The predicted molar refractivity (Wildman–Crippen MR) is 80.9 cm³/mol. The van der Waals surface area contributed by atoms with Crippen molar-refractivity contribution >= 4 is 11.6 Å². The van der Waals surface area contributed by atoms with Gasteiger partial charge in [-0.05, 0) is 37.6 Å². The maximum absolute atomic E-state index is 14.0. The Morgan fingerprint density at radius 2 is 2.05 bits per heavy atom. The van der Waals surface area contributed by atoms with Crippen LogP contribution in [0.4, 0.5) is 4.39 Å². The molecule has 21 heavy (non-hydrogen) atoms. The van der Waals surface area contributed by atoms with Crippen LogP contribution in [0.15, 0.2) is 36.4 Å². The Hall–Kier alpha value is -1.74. The number of fused-ring (bicyclic) bond motifs is 1. The fourth-order valence-corrected chi connectivity index (χ4v) is 2.66. The van der Waals surface area contributed by atoms with Crippen molar-refractivity contribution in [2.45, 2.75) is 31.7 Å². The van der Waals surface area contributed by atoms with Crippen LogP contribution in [0.3, 0.4) is 0 Å². The van der Waals surface area contributed by atoms with Gasteiger partial charge in [0.05, 0.1) is 0 Å². The van der Waals surface area contributed by atoms with Crippen molar-refractivity contribution in [1.29, 1.82) is 0 Å². The monoisotopic (exact) mass is 306 g/mol. The minimum absolute atomic E-state index is 0.172. The molecule has 2 aromatic carbocycles. The lowest BCUT2D eigenvalue weighted by atomic mass is 10.0. The highest BCUT2D eigenvalue weighted by molar-refractivity contribution is 6.17. The van der Waals surface area contributed by atoms with Crippen molar-refractivity contribution in [1.82, 2.24) is 0 Å². The minimum atomic E-state index is -0.428. The molecule has 0 bridgehead atoms. The molecular weight excluding hydrogens is 291 g/mol. The number of ether oxygens (including phenoxy) is 2. The van der Waals surface area contributed by atoms with E-state index >= 15 is 0 Å². The van der Waals surface area contributed by atoms with Crippen LogP contribution in [0, 0.1) is 5.82 Å². The average Bonchev–Trinajstić information content (AvgIpc) is 2.76. The Balaban J connectivity index is 1.92. The van der Waals surface area contributed by atoms with Gasteiger partial charge < -0.3 is 9.47 Å². The number of hydrogen-bond acceptors (Lipinski definition) is 2. The smallest absolute Gasteiger partial charge is 0.169 e. The standard InChI is InChI=1S/C17H16ClFO2/c1-17(2)9-12-4-3-5-15(16(12)21-17)20-14-7-6-11(10-18)8-13(14)19/h3-8H,9-10H2,1-2H3. The summed E-state index contributed by atoms with van der Waals surface area (Å²) >= 11 is 5.69. The molecule has 1 aliphatic heterocycles. The number of hydrogen-bond donors (Lipinski definition) is 0. The van der Waals surface area contributed by atoms with Crippen LogP contribution < -0.4 is 9.47 Å². The molecule has 0 spiro atoms. The summed E-state index contributed by atoms with van der Waals surface area (Å²) in [6.45, 7) is 4.04. The van der Waals surface area contributed by atoms with Gasteiger partial charge in [-0.25, -0.2) is 4.39 Å². The molecule has 3 rings (SSSR count). The average molecular weight is 307 g/mol. The molecule has 0 N–H and O–H groups in total. The Morgan fingerprint density at radius 1 is 1.24 bits per heavy atom. The third-order valence-corrected chi connectivity index (χ3v) is 3.73. The third kappa shape index (κ3) is 2.84. The molecule has 0 fully saturated rings. The third-order valence-electron chi connectivity index (χ3n) is 3.43. The van der Waals surface area contributed by atoms with E-state index < -0.39 is 5.82 Å². The largest absolute Gasteiger partial charge is 0.483 e. The highest BCUT2D eigenvalue weighted by Crippen LogP contribution is 2.43. The van der Waals surface area contributed by atoms with E-state index in [0.29, 0.717) is 11.5 Å². The lowest BCUT2D eigenvalue weighted by Gasteiger charge is -2.18. The van der Waals surface area contributed by atoms with Gasteiger partial charge in [-0.15, -0.1) is 11.6 Å². The second-order valence-electron chi connectivity index (χ2n) is 5.78. The summed E-state index contributed by atoms with van der Waals surface area (Å²) in [5, 5.41) is 0. The molecule has 0 atom stereocenters. The van der Waals surface area contributed by atoms with E-state index in [9.17, 15) is 4.39 Å². The molecule has 0 aliphatic carbocycles. The molecule has 4 heteroatoms. The highest BCUT2D eigenvalue weighted by Gasteiger charge is 2.32. The lowest BCUT2D eigenvalue weighted by molar-refractivity contribution is 0.135. The van der Waals surface area contributed by atoms with E-state index in [2.05, 4.69) is 0 Å². The molecule has 110 valence electrons. The van der Waals surface area contributed by atoms with Crippen molar-refractivity contribution in [3.63, 3.8) is 0 Å². The van der Waals surface area contributed by atoms with Gasteiger partial charge in [-0.3, -0.25) is 0 Å². The summed E-state index contributed by atoms with van der Waals surface area (Å²) in [5.41, 5.74) is 1.54. The summed E-state index contributed by atoms with van der Waals surface area (Å²) in [7, 11) is 0. The first-order chi connectivity index (χ1) is 9.98. The zero-order valence-corrected chi connectivity index (χ0v) is 12.7. The Kier molecular flexibility index (Phi) is 3.54. The second-order valence-corrected chi connectivity index (χ2v) is 6.05. The topological polar surface area (TPSA) is 18.5 Å². The quantitative estimate of drug-likeness (QED) is 0.737. The number of halogens is 2. The van der Waals surface area contributed by atoms with Crippen LogP contribution in [-0.4, -0.2) is 5.60 Å². The summed E-state index contributed by atoms with van der Waals surface area (Å²) in [5.74, 6) is 1.25. The molecule has 0 saturated carbocycles. The zero-order chi connectivity index (χ0) is 15.0. The van der Waals surface area contributed by atoms with E-state index in [1.807, 2.05) is 26.0 Å². The van der Waals surface area contributed by atoms with Crippen molar-refractivity contribution < 1.29 is 13.9 Å². The fourth-order valence-electron chi connectivity index (χ4n) is 2.50. The Morgan fingerprint density at radius 3 is 2.76 bits per heavy atom. The maximum Gasteiger partial charge on any atom is 0.169 e. The van der Waals surface area contributed by atoms with Crippen LogP contribution in [0.5, 0.6) is 17.2 Å². The maximum atomic E-state index is 14.0. The molecule has 2 aromatic rings. The normalized spacial score (nSPS) is 15.4. The van der Waals surface area contributed by atoms with E-state index in [1.54, 1.807) is 18.2 Å². The van der Waals surface area contributed by atoms with Crippen LogP contribution in [-0.2, 0) is 12.3 Å². The molecule has 0 amide bonds. The van der Waals surface area contributed by atoms with Gasteiger partial charge in [-0.1, -0.05) is 18.2 Å². The molecule has 0 unspecified atom stereocenters. The summed E-state index contributed by atoms with van der Waals surface area (Å²) < 4.78 is 25.6. The predicted octanol–water partition coefficient (Wildman–Crippen LogP) is 5.07. The SMILES string of the molecule is CC1(C)Cc2cccc(Oc3ccc(CCl)cc3F)c2O1. The molecule has 0 saturated heterocycles. The molecular formula is C17H16ClFO2. The summed E-state index contributed by atoms with van der Waals surface area (Å²) in [4.78, 5) is 0. The van der Waals surface area contributed by atoms with Crippen LogP contribution >= 0.6 is 11.6 Å². The minimum Gasteiger partial charge on any atom is -0.483 e. The van der Waals surface area contributed by atoms with E-state index in [1.165, 1.54) is 6.07 Å². The Labute approximate surface area is 128 Å². The van der Waals surface area contributed by atoms with E-state index in [4.69, 9.17) is 21.1 Å². The van der Waals surface area contributed by atoms with Gasteiger partial charge in [0.1, 0.15) is 5.60 Å². The second kappa shape index (κ2) is 5.23. The first kappa shape index (κ1) is 14.2. The van der Waals surface area contributed by atoms with Crippen LogP contribution in [0.1, 0.15) is 25.0 Å². The van der Waals surface area contributed by atoms with Gasteiger partial charge in [0.2, 0.25) is 0 Å². The van der Waals surface area contributed by atoms with Crippen LogP contribution in [0.25, 0.3) is 0 Å². The number of rotatable bonds is 3. The number of para-hydroxylation sites is 1. The van der Waals surface area contributed by atoms with E-state index in [-0.39, 0.29) is 17.2 Å². The number of alkyl halides is 1. The van der Waals surface area contributed by atoms with Crippen molar-refractivity contribution in [3.8, 4) is 17.2 Å². The van der Waals surface area contributed by atoms with Gasteiger partial charge in [0.25, 0.3) is 0 Å². The zero-order valence-electron chi connectivity index (χ0n) is 12.0. The summed E-state index contributed by atoms with van der Waals surface area (Å²) in [6, 6.07) is 10.4. The molecule has 0 radical (unpaired) electrons. The van der Waals surface area contributed by atoms with Crippen LogP contribution in [0.2, 0.25) is 0 Å².